The number of phenols is 1. The third-order valence-corrected chi connectivity index (χ3v) is 5.92. The summed E-state index contributed by atoms with van der Waals surface area (Å²) in [5.41, 5.74) is 1.01. The monoisotopic (exact) mass is 310 g/mol. The summed E-state index contributed by atoms with van der Waals surface area (Å²) < 4.78 is 3.01. The fourth-order valence-corrected chi connectivity index (χ4v) is 4.82. The van der Waals surface area contributed by atoms with Crippen molar-refractivity contribution in [1.82, 2.24) is 0 Å². The number of phenolic OH excluding ortho intramolecular Hbond substituents is 1. The van der Waals surface area contributed by atoms with Gasteiger partial charge in [0, 0.05) is 21.0 Å². The van der Waals surface area contributed by atoms with Gasteiger partial charge in [0.1, 0.15) is 5.75 Å². The second-order valence-corrected chi connectivity index (χ2v) is 6.88. The third-order valence-electron chi connectivity index (χ3n) is 3.40. The summed E-state index contributed by atoms with van der Waals surface area (Å²) in [5.74, 6) is 0.230. The molecule has 0 radical (unpaired) electrons. The van der Waals surface area contributed by atoms with Gasteiger partial charge in [-0.3, -0.25) is 4.79 Å². The van der Waals surface area contributed by atoms with E-state index in [1.165, 1.54) is 0 Å². The Morgan fingerprint density at radius 2 is 1.62 bits per heavy atom. The third kappa shape index (κ3) is 2.04. The highest BCUT2D eigenvalue weighted by atomic mass is 32.1. The molecule has 0 bridgehead atoms. The molecule has 0 amide bonds. The highest BCUT2D eigenvalue weighted by Crippen LogP contribution is 2.37. The van der Waals surface area contributed by atoms with Gasteiger partial charge in [0.2, 0.25) is 0 Å². The number of thiophene rings is 1. The number of aromatic hydroxyl groups is 1. The summed E-state index contributed by atoms with van der Waals surface area (Å²) in [6.07, 6.45) is 0. The van der Waals surface area contributed by atoms with E-state index in [0.29, 0.717) is 0 Å². The standard InChI is InChI=1S/C17H10O2S2/c18-11-7-5-10(6-8-11)15-9-13(19)17-16(21-15)12-3-1-2-4-14(12)20-17/h1-9,18H. The summed E-state index contributed by atoms with van der Waals surface area (Å²) in [6, 6.07) is 16.7. The first-order valence-corrected chi connectivity index (χ1v) is 8.10. The van der Waals surface area contributed by atoms with Crippen LogP contribution in [0.25, 0.3) is 29.9 Å². The highest BCUT2D eigenvalue weighted by Gasteiger charge is 2.11. The van der Waals surface area contributed by atoms with Crippen LogP contribution in [-0.4, -0.2) is 5.11 Å². The van der Waals surface area contributed by atoms with Crippen molar-refractivity contribution in [2.24, 2.45) is 0 Å². The van der Waals surface area contributed by atoms with Crippen molar-refractivity contribution in [3.8, 4) is 16.2 Å². The van der Waals surface area contributed by atoms with Gasteiger partial charge in [-0.2, -0.15) is 0 Å². The Morgan fingerprint density at radius 3 is 2.43 bits per heavy atom. The van der Waals surface area contributed by atoms with Crippen LogP contribution in [0.4, 0.5) is 0 Å². The number of benzene rings is 2. The zero-order valence-corrected chi connectivity index (χ0v) is 12.5. The van der Waals surface area contributed by atoms with Crippen LogP contribution < -0.4 is 5.43 Å². The van der Waals surface area contributed by atoms with E-state index in [1.807, 2.05) is 30.3 Å². The zero-order valence-electron chi connectivity index (χ0n) is 10.9. The molecule has 0 aliphatic heterocycles. The van der Waals surface area contributed by atoms with E-state index in [-0.39, 0.29) is 11.2 Å². The molecule has 0 aliphatic carbocycles. The molecule has 0 aliphatic rings. The number of hydrogen-bond acceptors (Lipinski definition) is 4. The van der Waals surface area contributed by atoms with Crippen molar-refractivity contribution in [3.05, 3.63) is 64.8 Å². The summed E-state index contributed by atoms with van der Waals surface area (Å²) >= 11 is 3.18. The molecule has 0 unspecified atom stereocenters. The van der Waals surface area contributed by atoms with Gasteiger partial charge >= 0.3 is 0 Å². The maximum absolute atomic E-state index is 12.4. The minimum Gasteiger partial charge on any atom is -0.508 e. The van der Waals surface area contributed by atoms with Gasteiger partial charge in [0.25, 0.3) is 0 Å². The molecule has 1 N–H and O–H groups in total. The Labute approximate surface area is 128 Å². The largest absolute Gasteiger partial charge is 0.508 e. The predicted molar refractivity (Wildman–Crippen MR) is 90.6 cm³/mol. The van der Waals surface area contributed by atoms with Gasteiger partial charge in [-0.25, -0.2) is 0 Å². The van der Waals surface area contributed by atoms with Crippen molar-refractivity contribution >= 4 is 42.2 Å². The van der Waals surface area contributed by atoms with Gasteiger partial charge < -0.3 is 5.11 Å². The smallest absolute Gasteiger partial charge is 0.198 e. The van der Waals surface area contributed by atoms with Crippen molar-refractivity contribution in [3.63, 3.8) is 0 Å². The molecule has 4 heteroatoms. The molecule has 0 atom stereocenters. The van der Waals surface area contributed by atoms with E-state index in [1.54, 1.807) is 40.9 Å². The fraction of sp³-hybridized carbons (Fsp3) is 0. The van der Waals surface area contributed by atoms with Crippen LogP contribution in [-0.2, 0) is 0 Å². The maximum Gasteiger partial charge on any atom is 0.198 e. The van der Waals surface area contributed by atoms with Gasteiger partial charge in [-0.15, -0.1) is 22.7 Å². The van der Waals surface area contributed by atoms with Crippen molar-refractivity contribution < 1.29 is 5.11 Å². The molecule has 2 nitrogen and oxygen atoms in total. The molecule has 2 aromatic heterocycles. The lowest BCUT2D eigenvalue weighted by Gasteiger charge is -2.01. The van der Waals surface area contributed by atoms with E-state index >= 15 is 0 Å². The average Bonchev–Trinajstić information content (AvgIpc) is 2.87. The molecule has 2 heterocycles. The number of fused-ring (bicyclic) bond motifs is 3. The molecule has 2 aromatic carbocycles. The van der Waals surface area contributed by atoms with Crippen molar-refractivity contribution in [2.75, 3.05) is 0 Å². The second kappa shape index (κ2) is 4.69. The van der Waals surface area contributed by atoms with Crippen LogP contribution in [0.5, 0.6) is 5.75 Å². The maximum atomic E-state index is 12.4. The van der Waals surface area contributed by atoms with Crippen LogP contribution in [0.15, 0.2) is 59.4 Å². The quantitative estimate of drug-likeness (QED) is 0.546. The van der Waals surface area contributed by atoms with E-state index in [4.69, 9.17) is 0 Å². The van der Waals surface area contributed by atoms with Gasteiger partial charge in [0.15, 0.2) is 5.43 Å². The minimum atomic E-state index is 0.0630. The van der Waals surface area contributed by atoms with Crippen LogP contribution in [0.2, 0.25) is 0 Å². The Morgan fingerprint density at radius 1 is 0.857 bits per heavy atom. The molecule has 102 valence electrons. The lowest BCUT2D eigenvalue weighted by atomic mass is 10.2. The van der Waals surface area contributed by atoms with Crippen LogP contribution in [0.1, 0.15) is 0 Å². The van der Waals surface area contributed by atoms with Crippen molar-refractivity contribution in [2.45, 2.75) is 0 Å². The molecule has 4 rings (SSSR count). The average molecular weight is 310 g/mol. The Bertz CT molecular complexity index is 1010. The van der Waals surface area contributed by atoms with Gasteiger partial charge in [0.05, 0.1) is 9.40 Å². The van der Waals surface area contributed by atoms with Crippen LogP contribution in [0, 0.1) is 0 Å². The molecular formula is C17H10O2S2. The lowest BCUT2D eigenvalue weighted by Crippen LogP contribution is -1.95. The van der Waals surface area contributed by atoms with E-state index in [9.17, 15) is 9.90 Å². The number of rotatable bonds is 1. The lowest BCUT2D eigenvalue weighted by molar-refractivity contribution is 0.475. The highest BCUT2D eigenvalue weighted by molar-refractivity contribution is 7.32. The van der Waals surface area contributed by atoms with Gasteiger partial charge in [-0.05, 0) is 35.9 Å². The van der Waals surface area contributed by atoms with Crippen molar-refractivity contribution in [1.29, 1.82) is 0 Å². The first kappa shape index (κ1) is 12.6. The zero-order chi connectivity index (χ0) is 14.4. The minimum absolute atomic E-state index is 0.0630. The van der Waals surface area contributed by atoms with Crippen LogP contribution >= 0.6 is 22.7 Å². The first-order valence-electron chi connectivity index (χ1n) is 6.47. The summed E-state index contributed by atoms with van der Waals surface area (Å²) in [5, 5.41) is 10.5. The predicted octanol–water partition coefficient (Wildman–Crippen LogP) is 4.85. The first-order chi connectivity index (χ1) is 10.2. The Balaban J connectivity index is 2.05. The summed E-state index contributed by atoms with van der Waals surface area (Å²) in [6.45, 7) is 0. The molecule has 21 heavy (non-hydrogen) atoms. The molecule has 0 fully saturated rings. The Hall–Kier alpha value is -2.17. The topological polar surface area (TPSA) is 37.3 Å². The second-order valence-electron chi connectivity index (χ2n) is 4.78. The molecular weight excluding hydrogens is 300 g/mol. The number of hydrogen-bond donors (Lipinski definition) is 1. The molecule has 0 saturated carbocycles. The summed E-state index contributed by atoms with van der Waals surface area (Å²) in [4.78, 5) is 13.3. The Kier molecular flexibility index (Phi) is 2.80. The van der Waals surface area contributed by atoms with Crippen LogP contribution in [0.3, 0.4) is 0 Å². The fourth-order valence-electron chi connectivity index (χ4n) is 2.38. The van der Waals surface area contributed by atoms with Gasteiger partial charge in [-0.1, -0.05) is 18.2 Å². The summed E-state index contributed by atoms with van der Waals surface area (Å²) in [7, 11) is 0. The molecule has 4 aromatic rings. The normalized spacial score (nSPS) is 11.2. The van der Waals surface area contributed by atoms with E-state index in [2.05, 4.69) is 6.07 Å². The molecule has 0 saturated heterocycles. The van der Waals surface area contributed by atoms with E-state index in [0.717, 1.165) is 29.9 Å². The van der Waals surface area contributed by atoms with E-state index < -0.39 is 0 Å². The SMILES string of the molecule is O=c1cc(-c2ccc(O)cc2)sc2c1sc1ccccc12. The molecule has 0 spiro atoms.